The summed E-state index contributed by atoms with van der Waals surface area (Å²) in [7, 11) is -2.62. The van der Waals surface area contributed by atoms with E-state index in [0.29, 0.717) is 5.75 Å². The minimum atomic E-state index is -4.03. The molecule has 0 unspecified atom stereocenters. The van der Waals surface area contributed by atoms with Gasteiger partial charge < -0.3 is 15.4 Å². The van der Waals surface area contributed by atoms with E-state index < -0.39 is 15.9 Å². The van der Waals surface area contributed by atoms with Crippen molar-refractivity contribution in [1.29, 1.82) is 0 Å². The molecule has 0 radical (unpaired) electrons. The highest BCUT2D eigenvalue weighted by Gasteiger charge is 2.20. The van der Waals surface area contributed by atoms with Crippen molar-refractivity contribution in [2.24, 2.45) is 0 Å². The van der Waals surface area contributed by atoms with Gasteiger partial charge >= 0.3 is 0 Å². The standard InChI is InChI=1S/C19H21N3O5S/c1-4-11-20-19(24)15-7-5-6-8-16(15)22-28(25,26)14-9-10-18(27-3)17(12-14)21-13(2)23/h4-10,12,22H,1,11H2,2-3H3,(H,20,24)(H,21,23). The van der Waals surface area contributed by atoms with E-state index in [4.69, 9.17) is 4.74 Å². The van der Waals surface area contributed by atoms with Gasteiger partial charge in [0.1, 0.15) is 5.75 Å². The van der Waals surface area contributed by atoms with Crippen molar-refractivity contribution in [2.45, 2.75) is 11.8 Å². The van der Waals surface area contributed by atoms with Crippen LogP contribution >= 0.6 is 0 Å². The van der Waals surface area contributed by atoms with Gasteiger partial charge in [-0.15, -0.1) is 6.58 Å². The zero-order valence-corrected chi connectivity index (χ0v) is 16.3. The highest BCUT2D eigenvalue weighted by atomic mass is 32.2. The maximum Gasteiger partial charge on any atom is 0.261 e. The molecule has 0 aliphatic rings. The lowest BCUT2D eigenvalue weighted by Gasteiger charge is -2.14. The molecule has 28 heavy (non-hydrogen) atoms. The zero-order chi connectivity index (χ0) is 20.7. The van der Waals surface area contributed by atoms with Crippen molar-refractivity contribution < 1.29 is 22.7 Å². The molecule has 0 fully saturated rings. The molecule has 0 aliphatic heterocycles. The van der Waals surface area contributed by atoms with E-state index >= 15 is 0 Å². The number of sulfonamides is 1. The molecule has 0 saturated carbocycles. The van der Waals surface area contributed by atoms with Crippen LogP contribution in [0.5, 0.6) is 5.75 Å². The Bertz CT molecular complexity index is 1000. The Hall–Kier alpha value is -3.33. The SMILES string of the molecule is C=CCNC(=O)c1ccccc1NS(=O)(=O)c1ccc(OC)c(NC(C)=O)c1. The summed E-state index contributed by atoms with van der Waals surface area (Å²) in [6.45, 7) is 5.08. The summed E-state index contributed by atoms with van der Waals surface area (Å²) >= 11 is 0. The Morgan fingerprint density at radius 1 is 1.14 bits per heavy atom. The average Bonchev–Trinajstić information content (AvgIpc) is 2.65. The van der Waals surface area contributed by atoms with Crippen LogP contribution in [0, 0.1) is 0 Å². The summed E-state index contributed by atoms with van der Waals surface area (Å²) < 4.78 is 33.2. The maximum absolute atomic E-state index is 12.8. The summed E-state index contributed by atoms with van der Waals surface area (Å²) in [6.07, 6.45) is 1.52. The quantitative estimate of drug-likeness (QED) is 0.586. The predicted octanol–water partition coefficient (Wildman–Crippen LogP) is 2.37. The summed E-state index contributed by atoms with van der Waals surface area (Å²) in [4.78, 5) is 23.5. The molecule has 148 valence electrons. The van der Waals surface area contributed by atoms with Gasteiger partial charge in [-0.3, -0.25) is 14.3 Å². The van der Waals surface area contributed by atoms with E-state index in [1.165, 1.54) is 50.4 Å². The monoisotopic (exact) mass is 403 g/mol. The lowest BCUT2D eigenvalue weighted by Crippen LogP contribution is -2.25. The van der Waals surface area contributed by atoms with Crippen molar-refractivity contribution >= 4 is 33.2 Å². The number of para-hydroxylation sites is 1. The van der Waals surface area contributed by atoms with Gasteiger partial charge in [0.05, 0.1) is 28.9 Å². The summed E-state index contributed by atoms with van der Waals surface area (Å²) in [5.41, 5.74) is 0.513. The van der Waals surface area contributed by atoms with Gasteiger partial charge in [0.15, 0.2) is 0 Å². The molecule has 0 aromatic heterocycles. The molecule has 2 aromatic rings. The number of hydrogen-bond acceptors (Lipinski definition) is 5. The minimum Gasteiger partial charge on any atom is -0.495 e. The van der Waals surface area contributed by atoms with Gasteiger partial charge in [-0.1, -0.05) is 18.2 Å². The van der Waals surface area contributed by atoms with E-state index in [1.54, 1.807) is 12.1 Å². The fraction of sp³-hybridized carbons (Fsp3) is 0.158. The van der Waals surface area contributed by atoms with Crippen LogP contribution in [0.2, 0.25) is 0 Å². The highest BCUT2D eigenvalue weighted by Crippen LogP contribution is 2.29. The third-order valence-corrected chi connectivity index (χ3v) is 4.98. The van der Waals surface area contributed by atoms with Gasteiger partial charge in [0.2, 0.25) is 5.91 Å². The van der Waals surface area contributed by atoms with Crippen molar-refractivity contribution in [3.05, 3.63) is 60.7 Å². The van der Waals surface area contributed by atoms with E-state index in [1.807, 2.05) is 0 Å². The topological polar surface area (TPSA) is 114 Å². The number of ether oxygens (including phenoxy) is 1. The number of hydrogen-bond donors (Lipinski definition) is 3. The first-order valence-electron chi connectivity index (χ1n) is 8.25. The van der Waals surface area contributed by atoms with Crippen LogP contribution in [0.25, 0.3) is 0 Å². The molecule has 0 spiro atoms. The number of carbonyl (C=O) groups excluding carboxylic acids is 2. The second-order valence-corrected chi connectivity index (χ2v) is 7.38. The smallest absolute Gasteiger partial charge is 0.261 e. The summed E-state index contributed by atoms with van der Waals surface area (Å²) in [5, 5.41) is 5.13. The Labute approximate surface area is 163 Å². The largest absolute Gasteiger partial charge is 0.495 e. The van der Waals surface area contributed by atoms with Crippen LogP contribution in [0.1, 0.15) is 17.3 Å². The molecular formula is C19H21N3O5S. The van der Waals surface area contributed by atoms with Crippen LogP contribution in [0.4, 0.5) is 11.4 Å². The molecule has 2 amide bonds. The average molecular weight is 403 g/mol. The Morgan fingerprint density at radius 3 is 2.50 bits per heavy atom. The van der Waals surface area contributed by atoms with Crippen molar-refractivity contribution in [1.82, 2.24) is 5.32 Å². The lowest BCUT2D eigenvalue weighted by atomic mass is 10.1. The van der Waals surface area contributed by atoms with Gasteiger partial charge in [-0.25, -0.2) is 8.42 Å². The second kappa shape index (κ2) is 9.05. The second-order valence-electron chi connectivity index (χ2n) is 5.69. The fourth-order valence-corrected chi connectivity index (χ4v) is 3.48. The van der Waals surface area contributed by atoms with Crippen LogP contribution in [0.15, 0.2) is 60.0 Å². The first kappa shape index (κ1) is 21.0. The van der Waals surface area contributed by atoms with Gasteiger partial charge in [-0.05, 0) is 30.3 Å². The van der Waals surface area contributed by atoms with Crippen molar-refractivity contribution in [3.63, 3.8) is 0 Å². The Balaban J connectivity index is 2.38. The molecule has 3 N–H and O–H groups in total. The van der Waals surface area contributed by atoms with E-state index in [9.17, 15) is 18.0 Å². The number of nitrogens with one attached hydrogen (secondary N) is 3. The molecule has 9 heteroatoms. The predicted molar refractivity (Wildman–Crippen MR) is 107 cm³/mol. The number of benzene rings is 2. The molecular weight excluding hydrogens is 382 g/mol. The van der Waals surface area contributed by atoms with Crippen LogP contribution in [0.3, 0.4) is 0 Å². The first-order valence-corrected chi connectivity index (χ1v) is 9.73. The number of carbonyl (C=O) groups is 2. The highest BCUT2D eigenvalue weighted by molar-refractivity contribution is 7.92. The number of methoxy groups -OCH3 is 1. The minimum absolute atomic E-state index is 0.0987. The summed E-state index contributed by atoms with van der Waals surface area (Å²) in [5.74, 6) is -0.490. The van der Waals surface area contributed by atoms with Crippen molar-refractivity contribution in [2.75, 3.05) is 23.7 Å². The molecule has 0 heterocycles. The first-order chi connectivity index (χ1) is 13.3. The molecule has 0 aliphatic carbocycles. The van der Waals surface area contributed by atoms with Crippen molar-refractivity contribution in [3.8, 4) is 5.75 Å². The number of anilines is 2. The van der Waals surface area contributed by atoms with Gasteiger partial charge in [0.25, 0.3) is 15.9 Å². The van der Waals surface area contributed by atoms with Gasteiger partial charge in [0, 0.05) is 13.5 Å². The number of amides is 2. The maximum atomic E-state index is 12.8. The zero-order valence-electron chi connectivity index (χ0n) is 15.5. The molecule has 0 atom stereocenters. The fourth-order valence-electron chi connectivity index (χ4n) is 2.38. The summed E-state index contributed by atoms with van der Waals surface area (Å²) in [6, 6.07) is 10.3. The van der Waals surface area contributed by atoms with E-state index in [-0.39, 0.29) is 34.3 Å². The van der Waals surface area contributed by atoms with Crippen LogP contribution in [-0.2, 0) is 14.8 Å². The van der Waals surface area contributed by atoms with Crippen LogP contribution < -0.4 is 20.1 Å². The normalized spacial score (nSPS) is 10.6. The molecule has 2 rings (SSSR count). The Kier molecular flexibility index (Phi) is 6.78. The van der Waals surface area contributed by atoms with E-state index in [0.717, 1.165) is 0 Å². The number of rotatable bonds is 8. The van der Waals surface area contributed by atoms with E-state index in [2.05, 4.69) is 21.9 Å². The molecule has 0 bridgehead atoms. The lowest BCUT2D eigenvalue weighted by molar-refractivity contribution is -0.114. The Morgan fingerprint density at radius 2 is 1.86 bits per heavy atom. The third-order valence-electron chi connectivity index (χ3n) is 3.61. The molecule has 2 aromatic carbocycles. The molecule has 0 saturated heterocycles. The molecule has 8 nitrogen and oxygen atoms in total. The third kappa shape index (κ3) is 5.10. The van der Waals surface area contributed by atoms with Crippen LogP contribution in [-0.4, -0.2) is 33.9 Å². The van der Waals surface area contributed by atoms with Gasteiger partial charge in [-0.2, -0.15) is 0 Å².